The van der Waals surface area contributed by atoms with Crippen LogP contribution >= 0.6 is 11.3 Å². The lowest BCUT2D eigenvalue weighted by Gasteiger charge is -2.34. The van der Waals surface area contributed by atoms with Crippen LogP contribution in [0.25, 0.3) is 0 Å². The molecule has 1 amide bonds. The van der Waals surface area contributed by atoms with Gasteiger partial charge in [-0.1, -0.05) is 37.3 Å². The Hall–Kier alpha value is -2.37. The van der Waals surface area contributed by atoms with Crippen molar-refractivity contribution in [3.63, 3.8) is 0 Å². The number of hydrogen-bond acceptors (Lipinski definition) is 3. The number of anilines is 1. The molecule has 0 radical (unpaired) electrons. The molecule has 3 aromatic rings. The third-order valence-electron chi connectivity index (χ3n) is 6.15. The summed E-state index contributed by atoms with van der Waals surface area (Å²) in [5.41, 5.74) is 3.85. The highest BCUT2D eigenvalue weighted by Crippen LogP contribution is 2.38. The van der Waals surface area contributed by atoms with Gasteiger partial charge in [-0.2, -0.15) is 0 Å². The first-order chi connectivity index (χ1) is 14.0. The number of piperidine rings is 1. The smallest absolute Gasteiger partial charge is 0.291 e. The lowest BCUT2D eigenvalue weighted by atomic mass is 9.91. The van der Waals surface area contributed by atoms with Crippen LogP contribution in [0.1, 0.15) is 57.9 Å². The number of likely N-dealkylation sites (tertiary alicyclic amines) is 1. The van der Waals surface area contributed by atoms with Crippen LogP contribution in [0, 0.1) is 19.8 Å². The molecule has 4 nitrogen and oxygen atoms in total. The number of aryl methyl sites for hydroxylation is 1. The van der Waals surface area contributed by atoms with E-state index in [0.29, 0.717) is 5.76 Å². The molecule has 0 unspecified atom stereocenters. The Balaban J connectivity index is 1.75. The first-order valence-electron chi connectivity index (χ1n) is 10.4. The zero-order valence-electron chi connectivity index (χ0n) is 17.3. The van der Waals surface area contributed by atoms with Crippen molar-refractivity contribution in [2.24, 2.45) is 5.92 Å². The number of benzene rings is 1. The topological polar surface area (TPSA) is 46.7 Å². The summed E-state index contributed by atoms with van der Waals surface area (Å²) < 4.78 is 5.31. The van der Waals surface area contributed by atoms with Gasteiger partial charge in [0, 0.05) is 10.4 Å². The Morgan fingerprint density at radius 1 is 1.14 bits per heavy atom. The lowest BCUT2D eigenvalue weighted by Crippen LogP contribution is -3.13. The molecule has 5 heteroatoms. The van der Waals surface area contributed by atoms with Gasteiger partial charge in [-0.3, -0.25) is 4.79 Å². The van der Waals surface area contributed by atoms with Gasteiger partial charge < -0.3 is 14.6 Å². The minimum atomic E-state index is -0.188. The molecule has 3 heterocycles. The Kier molecular flexibility index (Phi) is 5.88. The van der Waals surface area contributed by atoms with Crippen molar-refractivity contribution in [1.29, 1.82) is 0 Å². The number of furan rings is 1. The average molecular weight is 410 g/mol. The molecule has 4 rings (SSSR count). The maximum Gasteiger partial charge on any atom is 0.291 e. The van der Waals surface area contributed by atoms with Crippen molar-refractivity contribution < 1.29 is 14.1 Å². The summed E-state index contributed by atoms with van der Waals surface area (Å²) in [4.78, 5) is 15.6. The van der Waals surface area contributed by atoms with Gasteiger partial charge in [0.1, 0.15) is 11.0 Å². The van der Waals surface area contributed by atoms with Gasteiger partial charge >= 0.3 is 0 Å². The molecule has 152 valence electrons. The van der Waals surface area contributed by atoms with Crippen molar-refractivity contribution in [2.75, 3.05) is 18.4 Å². The van der Waals surface area contributed by atoms with Gasteiger partial charge in [-0.05, 0) is 50.3 Å². The molecule has 1 aliphatic rings. The molecule has 0 bridgehead atoms. The fourth-order valence-electron chi connectivity index (χ4n) is 4.33. The van der Waals surface area contributed by atoms with Crippen molar-refractivity contribution >= 4 is 22.2 Å². The van der Waals surface area contributed by atoms with E-state index in [1.54, 1.807) is 28.4 Å². The van der Waals surface area contributed by atoms with Crippen LogP contribution in [-0.4, -0.2) is 19.0 Å². The second-order valence-electron chi connectivity index (χ2n) is 8.14. The number of rotatable bonds is 5. The predicted molar refractivity (Wildman–Crippen MR) is 118 cm³/mol. The number of carbonyl (C=O) groups is 1. The third-order valence-corrected chi connectivity index (χ3v) is 7.29. The van der Waals surface area contributed by atoms with E-state index in [1.807, 2.05) is 0 Å². The molecule has 2 N–H and O–H groups in total. The monoisotopic (exact) mass is 409 g/mol. The minimum Gasteiger partial charge on any atom is -0.459 e. The SMILES string of the molecule is Cc1sc(NC(=O)c2ccco2)c([C@@H](c2ccccc2)[NH+]2CCC(C)CC2)c1C. The van der Waals surface area contributed by atoms with Gasteiger partial charge in [0.05, 0.1) is 24.9 Å². The third kappa shape index (κ3) is 4.16. The molecular formula is C24H29N2O2S+. The molecule has 0 saturated carbocycles. The second kappa shape index (κ2) is 8.56. The molecule has 29 heavy (non-hydrogen) atoms. The summed E-state index contributed by atoms with van der Waals surface area (Å²) in [5.74, 6) is 0.945. The maximum atomic E-state index is 12.7. The lowest BCUT2D eigenvalue weighted by molar-refractivity contribution is -0.931. The van der Waals surface area contributed by atoms with E-state index < -0.39 is 0 Å². The quantitative estimate of drug-likeness (QED) is 0.646. The first kappa shape index (κ1) is 19.9. The standard InChI is InChI=1S/C24H28N2O2S/c1-16-11-13-26(14-12-16)22(19-8-5-4-6-9-19)21-17(2)18(3)29-24(21)25-23(27)20-10-7-15-28-20/h4-10,15-16,22H,11-14H2,1-3H3,(H,25,27)/p+1/t22-/m1/s1. The summed E-state index contributed by atoms with van der Waals surface area (Å²) in [7, 11) is 0. The summed E-state index contributed by atoms with van der Waals surface area (Å²) in [6.45, 7) is 8.98. The zero-order chi connectivity index (χ0) is 20.4. The molecule has 1 saturated heterocycles. The van der Waals surface area contributed by atoms with Crippen LogP contribution in [0.5, 0.6) is 0 Å². The Morgan fingerprint density at radius 2 is 1.86 bits per heavy atom. The highest BCUT2D eigenvalue weighted by Gasteiger charge is 2.34. The summed E-state index contributed by atoms with van der Waals surface area (Å²) in [6.07, 6.45) is 4.02. The number of amides is 1. The first-order valence-corrected chi connectivity index (χ1v) is 11.2. The zero-order valence-corrected chi connectivity index (χ0v) is 18.1. The number of carbonyl (C=O) groups excluding carboxylic acids is 1. The highest BCUT2D eigenvalue weighted by atomic mass is 32.1. The van der Waals surface area contributed by atoms with E-state index in [9.17, 15) is 4.79 Å². The van der Waals surface area contributed by atoms with Crippen LogP contribution in [0.15, 0.2) is 53.1 Å². The van der Waals surface area contributed by atoms with E-state index in [2.05, 4.69) is 56.4 Å². The van der Waals surface area contributed by atoms with Crippen LogP contribution in [0.2, 0.25) is 0 Å². The Morgan fingerprint density at radius 3 is 2.52 bits per heavy atom. The molecule has 1 aliphatic heterocycles. The van der Waals surface area contributed by atoms with Gasteiger partial charge in [-0.15, -0.1) is 11.3 Å². The van der Waals surface area contributed by atoms with E-state index in [4.69, 9.17) is 4.42 Å². The molecule has 0 aliphatic carbocycles. The van der Waals surface area contributed by atoms with E-state index in [0.717, 1.165) is 24.0 Å². The van der Waals surface area contributed by atoms with Gasteiger partial charge in [0.25, 0.3) is 5.91 Å². The molecule has 2 aromatic heterocycles. The fraction of sp³-hybridized carbons (Fsp3) is 0.375. The highest BCUT2D eigenvalue weighted by molar-refractivity contribution is 7.16. The molecule has 0 spiro atoms. The van der Waals surface area contributed by atoms with Crippen LogP contribution in [0.3, 0.4) is 0 Å². The van der Waals surface area contributed by atoms with Crippen molar-refractivity contribution in [3.05, 3.63) is 76.1 Å². The molecule has 1 atom stereocenters. The normalized spacial score (nSPS) is 20.4. The Bertz CT molecular complexity index is 954. The largest absolute Gasteiger partial charge is 0.459 e. The predicted octanol–water partition coefficient (Wildman–Crippen LogP) is 4.61. The second-order valence-corrected chi connectivity index (χ2v) is 9.37. The van der Waals surface area contributed by atoms with E-state index in [-0.39, 0.29) is 11.9 Å². The van der Waals surface area contributed by atoms with Crippen molar-refractivity contribution in [3.8, 4) is 0 Å². The van der Waals surface area contributed by atoms with Gasteiger partial charge in [0.15, 0.2) is 5.76 Å². The van der Waals surface area contributed by atoms with Crippen LogP contribution < -0.4 is 10.2 Å². The number of nitrogens with one attached hydrogen (secondary N) is 2. The van der Waals surface area contributed by atoms with Gasteiger partial charge in [-0.25, -0.2) is 0 Å². The maximum absolute atomic E-state index is 12.7. The minimum absolute atomic E-state index is 0.188. The molecule has 1 fully saturated rings. The summed E-state index contributed by atoms with van der Waals surface area (Å²) in [5, 5.41) is 4.09. The average Bonchev–Trinajstić information content (AvgIpc) is 3.35. The molecular weight excluding hydrogens is 380 g/mol. The van der Waals surface area contributed by atoms with Crippen molar-refractivity contribution in [1.82, 2.24) is 0 Å². The van der Waals surface area contributed by atoms with E-state index in [1.165, 1.54) is 40.7 Å². The van der Waals surface area contributed by atoms with E-state index >= 15 is 0 Å². The fourth-order valence-corrected chi connectivity index (χ4v) is 5.42. The van der Waals surface area contributed by atoms with Crippen LogP contribution in [-0.2, 0) is 0 Å². The number of hydrogen-bond donors (Lipinski definition) is 2. The number of quaternary nitrogens is 1. The van der Waals surface area contributed by atoms with Gasteiger partial charge in [0.2, 0.25) is 0 Å². The van der Waals surface area contributed by atoms with Crippen LogP contribution in [0.4, 0.5) is 5.00 Å². The van der Waals surface area contributed by atoms with Crippen molar-refractivity contribution in [2.45, 2.75) is 39.7 Å². The summed E-state index contributed by atoms with van der Waals surface area (Å²) in [6, 6.07) is 14.4. The summed E-state index contributed by atoms with van der Waals surface area (Å²) >= 11 is 1.67. The number of thiophene rings is 1. The molecule has 1 aromatic carbocycles. The Labute approximate surface area is 176 Å².